The SMILES string of the molecule is CCCCCCCCOC(=O)C1(N)C=CN([C@@H]2O[C@H](CO)[C@@H](O)[C@H]2O)C(=O)N1. The lowest BCUT2D eigenvalue weighted by atomic mass is 10.1. The fraction of sp³-hybridized carbons (Fsp3) is 0.778. The van der Waals surface area contributed by atoms with Gasteiger partial charge in [-0.3, -0.25) is 10.6 Å². The summed E-state index contributed by atoms with van der Waals surface area (Å²) in [5, 5.41) is 31.3. The molecule has 1 unspecified atom stereocenters. The molecule has 0 aromatic heterocycles. The molecule has 5 atom stereocenters. The molecular weight excluding hydrogens is 370 g/mol. The number of esters is 1. The van der Waals surface area contributed by atoms with E-state index < -0.39 is 48.8 Å². The van der Waals surface area contributed by atoms with Crippen LogP contribution in [0.15, 0.2) is 12.3 Å². The van der Waals surface area contributed by atoms with Gasteiger partial charge < -0.3 is 30.1 Å². The van der Waals surface area contributed by atoms with E-state index in [1.807, 2.05) is 0 Å². The molecule has 0 aromatic rings. The van der Waals surface area contributed by atoms with Gasteiger partial charge in [-0.2, -0.15) is 0 Å². The van der Waals surface area contributed by atoms with Crippen molar-refractivity contribution in [2.75, 3.05) is 13.2 Å². The van der Waals surface area contributed by atoms with E-state index in [1.54, 1.807) is 0 Å². The van der Waals surface area contributed by atoms with Crippen LogP contribution in [0.3, 0.4) is 0 Å². The molecule has 2 heterocycles. The number of nitrogens with two attached hydrogens (primary N) is 1. The van der Waals surface area contributed by atoms with Crippen molar-refractivity contribution in [3.8, 4) is 0 Å². The van der Waals surface area contributed by atoms with Gasteiger partial charge in [0.25, 0.3) is 0 Å². The summed E-state index contributed by atoms with van der Waals surface area (Å²) in [7, 11) is 0. The average molecular weight is 401 g/mol. The molecular formula is C18H31N3O7. The van der Waals surface area contributed by atoms with Crippen molar-refractivity contribution >= 4 is 12.0 Å². The highest BCUT2D eigenvalue weighted by molar-refractivity contribution is 5.90. The van der Waals surface area contributed by atoms with Crippen LogP contribution in [-0.4, -0.2) is 75.6 Å². The Morgan fingerprint density at radius 1 is 1.29 bits per heavy atom. The molecule has 10 heteroatoms. The van der Waals surface area contributed by atoms with Gasteiger partial charge in [-0.15, -0.1) is 0 Å². The number of aliphatic hydroxyl groups excluding tert-OH is 3. The Morgan fingerprint density at radius 3 is 2.57 bits per heavy atom. The number of hydrogen-bond donors (Lipinski definition) is 5. The lowest BCUT2D eigenvalue weighted by Gasteiger charge is -2.36. The summed E-state index contributed by atoms with van der Waals surface area (Å²) < 4.78 is 10.5. The van der Waals surface area contributed by atoms with E-state index in [0.717, 1.165) is 37.0 Å². The molecule has 2 aliphatic rings. The van der Waals surface area contributed by atoms with Gasteiger partial charge in [-0.05, 0) is 12.5 Å². The maximum absolute atomic E-state index is 12.4. The van der Waals surface area contributed by atoms with Crippen LogP contribution in [0, 0.1) is 0 Å². The summed E-state index contributed by atoms with van der Waals surface area (Å²) in [6.07, 6.45) is 3.68. The first-order valence-corrected chi connectivity index (χ1v) is 9.72. The zero-order valence-electron chi connectivity index (χ0n) is 16.1. The molecule has 1 saturated heterocycles. The maximum Gasteiger partial charge on any atom is 0.351 e. The Balaban J connectivity index is 1.86. The summed E-state index contributed by atoms with van der Waals surface area (Å²) in [5.41, 5.74) is 4.11. The van der Waals surface area contributed by atoms with Crippen molar-refractivity contribution in [2.24, 2.45) is 5.73 Å². The molecule has 28 heavy (non-hydrogen) atoms. The van der Waals surface area contributed by atoms with E-state index in [-0.39, 0.29) is 6.61 Å². The van der Waals surface area contributed by atoms with Gasteiger partial charge in [0.15, 0.2) is 6.23 Å². The fourth-order valence-corrected chi connectivity index (χ4v) is 3.14. The zero-order valence-corrected chi connectivity index (χ0v) is 16.1. The number of carbonyl (C=O) groups excluding carboxylic acids is 2. The highest BCUT2D eigenvalue weighted by Gasteiger charge is 2.49. The van der Waals surface area contributed by atoms with Crippen molar-refractivity contribution in [1.82, 2.24) is 10.2 Å². The van der Waals surface area contributed by atoms with Gasteiger partial charge in [0, 0.05) is 6.20 Å². The molecule has 10 nitrogen and oxygen atoms in total. The number of urea groups is 1. The number of unbranched alkanes of at least 4 members (excludes halogenated alkanes) is 5. The Labute approximate surface area is 164 Å². The molecule has 0 aliphatic carbocycles. The first kappa shape index (κ1) is 22.6. The molecule has 0 bridgehead atoms. The Kier molecular flexibility index (Phi) is 8.20. The van der Waals surface area contributed by atoms with Crippen LogP contribution >= 0.6 is 0 Å². The third kappa shape index (κ3) is 5.21. The van der Waals surface area contributed by atoms with E-state index in [4.69, 9.17) is 20.3 Å². The van der Waals surface area contributed by atoms with Crippen molar-refractivity contribution < 1.29 is 34.4 Å². The van der Waals surface area contributed by atoms with Gasteiger partial charge in [-0.1, -0.05) is 39.0 Å². The third-order valence-electron chi connectivity index (χ3n) is 4.91. The Morgan fingerprint density at radius 2 is 1.96 bits per heavy atom. The minimum absolute atomic E-state index is 0.214. The molecule has 0 spiro atoms. The molecule has 0 aromatic carbocycles. The van der Waals surface area contributed by atoms with Crippen LogP contribution in [0.5, 0.6) is 0 Å². The van der Waals surface area contributed by atoms with Crippen LogP contribution in [0.4, 0.5) is 4.79 Å². The summed E-state index contributed by atoms with van der Waals surface area (Å²) in [6, 6.07) is -0.795. The lowest BCUT2D eigenvalue weighted by molar-refractivity contribution is -0.149. The van der Waals surface area contributed by atoms with E-state index in [0.29, 0.717) is 0 Å². The number of aliphatic hydroxyl groups is 3. The van der Waals surface area contributed by atoms with Crippen LogP contribution in [0.25, 0.3) is 0 Å². The number of amides is 2. The lowest BCUT2D eigenvalue weighted by Crippen LogP contribution is -2.66. The summed E-state index contributed by atoms with van der Waals surface area (Å²) in [4.78, 5) is 25.6. The van der Waals surface area contributed by atoms with Crippen molar-refractivity contribution in [2.45, 2.75) is 75.7 Å². The molecule has 1 fully saturated rings. The Hall–Kier alpha value is -1.72. The van der Waals surface area contributed by atoms with Gasteiger partial charge in [-0.25, -0.2) is 9.59 Å². The normalized spacial score (nSPS) is 32.5. The predicted octanol–water partition coefficient (Wildman–Crippen LogP) is -0.477. The number of nitrogens with one attached hydrogen (secondary N) is 1. The largest absolute Gasteiger partial charge is 0.463 e. The number of ether oxygens (including phenoxy) is 2. The molecule has 2 aliphatic heterocycles. The average Bonchev–Trinajstić information content (AvgIpc) is 2.95. The molecule has 0 saturated carbocycles. The van der Waals surface area contributed by atoms with Crippen molar-refractivity contribution in [3.05, 3.63) is 12.3 Å². The fourth-order valence-electron chi connectivity index (χ4n) is 3.14. The smallest absolute Gasteiger partial charge is 0.351 e. The molecule has 0 radical (unpaired) electrons. The van der Waals surface area contributed by atoms with Crippen LogP contribution in [0.2, 0.25) is 0 Å². The van der Waals surface area contributed by atoms with E-state index >= 15 is 0 Å². The second kappa shape index (κ2) is 10.2. The van der Waals surface area contributed by atoms with Gasteiger partial charge in [0.1, 0.15) is 18.3 Å². The van der Waals surface area contributed by atoms with Crippen LogP contribution < -0.4 is 11.1 Å². The van der Waals surface area contributed by atoms with E-state index in [1.165, 1.54) is 18.7 Å². The number of rotatable bonds is 10. The summed E-state index contributed by atoms with van der Waals surface area (Å²) in [6.45, 7) is 1.84. The molecule has 6 N–H and O–H groups in total. The first-order valence-electron chi connectivity index (χ1n) is 9.72. The van der Waals surface area contributed by atoms with E-state index in [9.17, 15) is 19.8 Å². The zero-order chi connectivity index (χ0) is 20.7. The number of nitrogens with zero attached hydrogens (tertiary/aromatic N) is 1. The van der Waals surface area contributed by atoms with E-state index in [2.05, 4.69) is 12.2 Å². The van der Waals surface area contributed by atoms with Crippen LogP contribution in [0.1, 0.15) is 45.4 Å². The highest BCUT2D eigenvalue weighted by atomic mass is 16.6. The minimum Gasteiger partial charge on any atom is -0.463 e. The molecule has 2 rings (SSSR count). The van der Waals surface area contributed by atoms with Crippen molar-refractivity contribution in [3.63, 3.8) is 0 Å². The predicted molar refractivity (Wildman–Crippen MR) is 98.5 cm³/mol. The third-order valence-corrected chi connectivity index (χ3v) is 4.91. The van der Waals surface area contributed by atoms with Gasteiger partial charge in [0.2, 0.25) is 5.66 Å². The second-order valence-electron chi connectivity index (χ2n) is 7.15. The highest BCUT2D eigenvalue weighted by Crippen LogP contribution is 2.26. The van der Waals surface area contributed by atoms with Gasteiger partial charge in [0.05, 0.1) is 13.2 Å². The molecule has 2 amide bonds. The van der Waals surface area contributed by atoms with Crippen LogP contribution in [-0.2, 0) is 14.3 Å². The second-order valence-corrected chi connectivity index (χ2v) is 7.15. The summed E-state index contributed by atoms with van der Waals surface area (Å²) in [5.74, 6) is -0.786. The monoisotopic (exact) mass is 401 g/mol. The van der Waals surface area contributed by atoms with Gasteiger partial charge >= 0.3 is 12.0 Å². The Bertz CT molecular complexity index is 573. The summed E-state index contributed by atoms with van der Waals surface area (Å²) >= 11 is 0. The van der Waals surface area contributed by atoms with Crippen molar-refractivity contribution in [1.29, 1.82) is 0 Å². The number of carbonyl (C=O) groups is 2. The maximum atomic E-state index is 12.4. The molecule has 160 valence electrons. The first-order chi connectivity index (χ1) is 13.3. The quantitative estimate of drug-likeness (QED) is 0.243. The number of hydrogen-bond acceptors (Lipinski definition) is 8. The minimum atomic E-state index is -1.83. The standard InChI is InChI=1S/C18H31N3O7/c1-2-3-4-5-6-7-10-27-16(25)18(19)8-9-21(17(26)20-18)15-14(24)13(23)12(11-22)28-15/h8-9,12-15,22-24H,2-7,10-11,19H2,1H3,(H,20,26)/t12-,13-,14-,15-,18?/m1/s1. The topological polar surface area (TPSA) is 155 Å².